The quantitative estimate of drug-likeness (QED) is 0.566. The average molecular weight is 389 g/mol. The molecule has 0 aliphatic rings. The van der Waals surface area contributed by atoms with Gasteiger partial charge in [-0.1, -0.05) is 56.1 Å². The van der Waals surface area contributed by atoms with Gasteiger partial charge in [0.15, 0.2) is 0 Å². The first-order valence-corrected chi connectivity index (χ1v) is 9.28. The maximum Gasteiger partial charge on any atom is 0.261 e. The van der Waals surface area contributed by atoms with E-state index in [1.807, 2.05) is 0 Å². The molecule has 0 aliphatic heterocycles. The SMILES string of the molecule is Cc1cc(C(C)(C)C)cc(C)c1Cn1cnc2c(Cl)cc(Cl)cc2c1=O. The molecule has 1 heterocycles. The summed E-state index contributed by atoms with van der Waals surface area (Å²) in [5.74, 6) is 0. The van der Waals surface area contributed by atoms with Crippen LogP contribution in [0.1, 0.15) is 43.0 Å². The number of aryl methyl sites for hydroxylation is 2. The summed E-state index contributed by atoms with van der Waals surface area (Å²) in [7, 11) is 0. The Bertz CT molecular complexity index is 1040. The maximum absolute atomic E-state index is 12.9. The van der Waals surface area contributed by atoms with Crippen molar-refractivity contribution < 1.29 is 0 Å². The summed E-state index contributed by atoms with van der Waals surface area (Å²) in [6.45, 7) is 11.2. The van der Waals surface area contributed by atoms with Crippen molar-refractivity contribution in [3.8, 4) is 0 Å². The fraction of sp³-hybridized carbons (Fsp3) is 0.333. The second-order valence-corrected chi connectivity index (χ2v) is 8.64. The molecule has 0 atom stereocenters. The van der Waals surface area contributed by atoms with E-state index in [2.05, 4.69) is 51.7 Å². The average Bonchev–Trinajstić information content (AvgIpc) is 2.52. The van der Waals surface area contributed by atoms with Crippen molar-refractivity contribution >= 4 is 34.1 Å². The van der Waals surface area contributed by atoms with Gasteiger partial charge in [-0.15, -0.1) is 0 Å². The third-order valence-corrected chi connectivity index (χ3v) is 5.24. The Morgan fingerprint density at radius 2 is 1.65 bits per heavy atom. The van der Waals surface area contributed by atoms with Crippen LogP contribution in [0.2, 0.25) is 10.0 Å². The van der Waals surface area contributed by atoms with E-state index in [-0.39, 0.29) is 11.0 Å². The molecule has 0 bridgehead atoms. The van der Waals surface area contributed by atoms with Crippen molar-refractivity contribution in [2.45, 2.75) is 46.6 Å². The molecule has 0 unspecified atom stereocenters. The van der Waals surface area contributed by atoms with Gasteiger partial charge in [-0.2, -0.15) is 0 Å². The molecule has 26 heavy (non-hydrogen) atoms. The molecule has 3 nitrogen and oxygen atoms in total. The minimum atomic E-state index is -0.141. The number of halogens is 2. The Morgan fingerprint density at radius 3 is 2.23 bits per heavy atom. The van der Waals surface area contributed by atoms with Crippen LogP contribution in [0.25, 0.3) is 10.9 Å². The molecular formula is C21H22Cl2N2O. The van der Waals surface area contributed by atoms with Gasteiger partial charge in [0.25, 0.3) is 5.56 Å². The number of hydrogen-bond acceptors (Lipinski definition) is 2. The number of hydrogen-bond donors (Lipinski definition) is 0. The number of nitrogens with zero attached hydrogens (tertiary/aromatic N) is 2. The molecule has 0 saturated carbocycles. The lowest BCUT2D eigenvalue weighted by molar-refractivity contribution is 0.588. The van der Waals surface area contributed by atoms with Crippen LogP contribution in [0.15, 0.2) is 35.4 Å². The largest absolute Gasteiger partial charge is 0.294 e. The second-order valence-electron chi connectivity index (χ2n) is 7.80. The van der Waals surface area contributed by atoms with E-state index in [0.29, 0.717) is 27.5 Å². The van der Waals surface area contributed by atoms with Crippen LogP contribution in [0.5, 0.6) is 0 Å². The fourth-order valence-electron chi connectivity index (χ4n) is 3.15. The first kappa shape index (κ1) is 18.9. The molecule has 0 saturated heterocycles. The van der Waals surface area contributed by atoms with Crippen LogP contribution in [-0.2, 0) is 12.0 Å². The van der Waals surface area contributed by atoms with E-state index in [0.717, 1.165) is 5.56 Å². The lowest BCUT2D eigenvalue weighted by Crippen LogP contribution is -2.22. The molecule has 3 rings (SSSR count). The minimum Gasteiger partial charge on any atom is -0.294 e. The van der Waals surface area contributed by atoms with Gasteiger partial charge in [0.1, 0.15) is 0 Å². The Labute approximate surface area is 163 Å². The van der Waals surface area contributed by atoms with Gasteiger partial charge >= 0.3 is 0 Å². The van der Waals surface area contributed by atoms with Crippen molar-refractivity contribution in [1.82, 2.24) is 9.55 Å². The zero-order chi connectivity index (χ0) is 19.2. The van der Waals surface area contributed by atoms with E-state index in [4.69, 9.17) is 23.2 Å². The highest BCUT2D eigenvalue weighted by atomic mass is 35.5. The lowest BCUT2D eigenvalue weighted by Gasteiger charge is -2.22. The van der Waals surface area contributed by atoms with Crippen molar-refractivity contribution in [2.24, 2.45) is 0 Å². The minimum absolute atomic E-state index is 0.0862. The molecular weight excluding hydrogens is 367 g/mol. The first-order valence-electron chi connectivity index (χ1n) is 8.52. The summed E-state index contributed by atoms with van der Waals surface area (Å²) >= 11 is 12.2. The van der Waals surface area contributed by atoms with Gasteiger partial charge in [0.2, 0.25) is 0 Å². The predicted octanol–water partition coefficient (Wildman–Crippen LogP) is 5.67. The molecule has 2 aromatic carbocycles. The third kappa shape index (κ3) is 3.51. The summed E-state index contributed by atoms with van der Waals surface area (Å²) in [6.07, 6.45) is 1.56. The normalized spacial score (nSPS) is 12.0. The van der Waals surface area contributed by atoms with E-state index in [1.165, 1.54) is 16.7 Å². The molecule has 0 amide bonds. The summed E-state index contributed by atoms with van der Waals surface area (Å²) in [4.78, 5) is 17.3. The molecule has 0 aliphatic carbocycles. The maximum atomic E-state index is 12.9. The van der Waals surface area contributed by atoms with E-state index in [9.17, 15) is 4.79 Å². The Hall–Kier alpha value is -1.84. The van der Waals surface area contributed by atoms with Gasteiger partial charge in [0, 0.05) is 5.02 Å². The molecule has 3 aromatic rings. The van der Waals surface area contributed by atoms with Gasteiger partial charge < -0.3 is 0 Å². The van der Waals surface area contributed by atoms with Gasteiger partial charge in [-0.05, 0) is 53.6 Å². The zero-order valence-electron chi connectivity index (χ0n) is 15.7. The molecule has 0 fully saturated rings. The van der Waals surface area contributed by atoms with Crippen molar-refractivity contribution in [3.63, 3.8) is 0 Å². The fourth-order valence-corrected chi connectivity index (χ4v) is 3.70. The smallest absolute Gasteiger partial charge is 0.261 e. The molecule has 0 N–H and O–H groups in total. The van der Waals surface area contributed by atoms with Crippen LogP contribution >= 0.6 is 23.2 Å². The standard InChI is InChI=1S/C21H22Cl2N2O/c1-12-6-14(21(3,4)5)7-13(2)17(12)10-25-11-24-19-16(20(25)26)8-15(22)9-18(19)23/h6-9,11H,10H2,1-5H3. The number of fused-ring (bicyclic) bond motifs is 1. The number of aromatic nitrogens is 2. The summed E-state index contributed by atoms with van der Waals surface area (Å²) in [5.41, 5.74) is 5.19. The highest BCUT2D eigenvalue weighted by Gasteiger charge is 2.17. The van der Waals surface area contributed by atoms with E-state index >= 15 is 0 Å². The monoisotopic (exact) mass is 388 g/mol. The number of benzene rings is 2. The molecule has 1 aromatic heterocycles. The Balaban J connectivity index is 2.10. The molecule has 136 valence electrons. The molecule has 5 heteroatoms. The van der Waals surface area contributed by atoms with Crippen molar-refractivity contribution in [3.05, 3.63) is 73.2 Å². The molecule has 0 spiro atoms. The summed E-state index contributed by atoms with van der Waals surface area (Å²) in [6, 6.07) is 7.63. The van der Waals surface area contributed by atoms with Crippen LogP contribution in [0, 0.1) is 13.8 Å². The van der Waals surface area contributed by atoms with Crippen LogP contribution < -0.4 is 5.56 Å². The Kier molecular flexibility index (Phi) is 4.89. The van der Waals surface area contributed by atoms with Crippen LogP contribution in [0.4, 0.5) is 0 Å². The molecule has 0 radical (unpaired) electrons. The van der Waals surface area contributed by atoms with E-state index in [1.54, 1.807) is 23.0 Å². The Morgan fingerprint density at radius 1 is 1.04 bits per heavy atom. The topological polar surface area (TPSA) is 34.9 Å². The van der Waals surface area contributed by atoms with Crippen LogP contribution in [-0.4, -0.2) is 9.55 Å². The first-order chi connectivity index (χ1) is 12.1. The second kappa shape index (κ2) is 6.71. The van der Waals surface area contributed by atoms with Crippen molar-refractivity contribution in [1.29, 1.82) is 0 Å². The third-order valence-electron chi connectivity index (χ3n) is 4.74. The summed E-state index contributed by atoms with van der Waals surface area (Å²) < 4.78 is 1.61. The van der Waals surface area contributed by atoms with E-state index < -0.39 is 0 Å². The lowest BCUT2D eigenvalue weighted by atomic mass is 9.84. The van der Waals surface area contributed by atoms with Gasteiger partial charge in [-0.3, -0.25) is 9.36 Å². The highest BCUT2D eigenvalue weighted by Crippen LogP contribution is 2.28. The highest BCUT2D eigenvalue weighted by molar-refractivity contribution is 6.38. The summed E-state index contributed by atoms with van der Waals surface area (Å²) in [5, 5.41) is 1.26. The van der Waals surface area contributed by atoms with Crippen molar-refractivity contribution in [2.75, 3.05) is 0 Å². The number of rotatable bonds is 2. The van der Waals surface area contributed by atoms with Gasteiger partial charge in [-0.25, -0.2) is 4.98 Å². The van der Waals surface area contributed by atoms with Crippen LogP contribution in [0.3, 0.4) is 0 Å². The predicted molar refractivity (Wildman–Crippen MR) is 110 cm³/mol. The van der Waals surface area contributed by atoms with Gasteiger partial charge in [0.05, 0.1) is 28.8 Å². The zero-order valence-corrected chi connectivity index (χ0v) is 17.2.